The zero-order valence-corrected chi connectivity index (χ0v) is 8.50. The van der Waals surface area contributed by atoms with Crippen molar-refractivity contribution in [2.24, 2.45) is 0 Å². The summed E-state index contributed by atoms with van der Waals surface area (Å²) in [7, 11) is 0. The minimum atomic E-state index is -0.318. The molecule has 4 heteroatoms. The van der Waals surface area contributed by atoms with Crippen molar-refractivity contribution in [2.75, 3.05) is 18.5 Å². The monoisotopic (exact) mass is 221 g/mol. The van der Waals surface area contributed by atoms with E-state index in [1.54, 1.807) is 18.2 Å². The van der Waals surface area contributed by atoms with E-state index < -0.39 is 0 Å². The maximum absolute atomic E-state index is 11.8. The molecule has 0 saturated carbocycles. The average Bonchev–Trinajstić information content (AvgIpc) is 2.03. The number of alkyl halides is 1. The summed E-state index contributed by atoms with van der Waals surface area (Å²) in [5.41, 5.74) is 0.825. The Morgan fingerprint density at radius 1 is 1.15 bits per heavy atom. The maximum Gasteiger partial charge on any atom is 0.0911 e. The lowest BCUT2D eigenvalue weighted by molar-refractivity contribution is 0.481. The van der Waals surface area contributed by atoms with Crippen LogP contribution in [0.3, 0.4) is 0 Å². The third-order valence-electron chi connectivity index (χ3n) is 1.50. The summed E-state index contributed by atoms with van der Waals surface area (Å²) in [5, 5.41) is 4.18. The highest BCUT2D eigenvalue weighted by Crippen LogP contribution is 2.22. The molecule has 0 heterocycles. The van der Waals surface area contributed by atoms with E-state index in [2.05, 4.69) is 5.32 Å². The molecule has 1 rings (SSSR count). The van der Waals surface area contributed by atoms with E-state index >= 15 is 0 Å². The van der Waals surface area contributed by atoms with Crippen LogP contribution in [0.1, 0.15) is 6.42 Å². The van der Waals surface area contributed by atoms with Crippen molar-refractivity contribution < 1.29 is 4.39 Å². The second-order valence-electron chi connectivity index (χ2n) is 2.63. The normalized spacial score (nSPS) is 10.1. The molecule has 1 aromatic carbocycles. The molecule has 72 valence electrons. The summed E-state index contributed by atoms with van der Waals surface area (Å²) < 4.78 is 11.8. The van der Waals surface area contributed by atoms with Crippen molar-refractivity contribution in [3.05, 3.63) is 28.2 Å². The molecule has 1 N–H and O–H groups in total. The summed E-state index contributed by atoms with van der Waals surface area (Å²) in [5.74, 6) is 0. The third kappa shape index (κ3) is 3.83. The number of nitrogens with one attached hydrogen (secondary N) is 1. The van der Waals surface area contributed by atoms with Gasteiger partial charge in [0.2, 0.25) is 0 Å². The van der Waals surface area contributed by atoms with Gasteiger partial charge in [-0.2, -0.15) is 0 Å². The number of benzene rings is 1. The lowest BCUT2D eigenvalue weighted by Crippen LogP contribution is -2.01. The lowest BCUT2D eigenvalue weighted by Gasteiger charge is -2.05. The van der Waals surface area contributed by atoms with Crippen LogP contribution >= 0.6 is 23.2 Å². The zero-order valence-electron chi connectivity index (χ0n) is 6.99. The molecular weight excluding hydrogens is 212 g/mol. The highest BCUT2D eigenvalue weighted by Gasteiger charge is 1.96. The molecule has 0 saturated heterocycles. The summed E-state index contributed by atoms with van der Waals surface area (Å²) in [6.45, 7) is 0.272. The van der Waals surface area contributed by atoms with Gasteiger partial charge in [-0.3, -0.25) is 4.39 Å². The van der Waals surface area contributed by atoms with Gasteiger partial charge in [-0.1, -0.05) is 23.2 Å². The van der Waals surface area contributed by atoms with Crippen LogP contribution in [-0.4, -0.2) is 13.2 Å². The highest BCUT2D eigenvalue weighted by atomic mass is 35.5. The summed E-state index contributed by atoms with van der Waals surface area (Å²) in [4.78, 5) is 0. The fourth-order valence-corrected chi connectivity index (χ4v) is 1.48. The molecule has 1 aromatic rings. The summed E-state index contributed by atoms with van der Waals surface area (Å²) in [6, 6.07) is 5.17. The zero-order chi connectivity index (χ0) is 9.68. The molecule has 0 fully saturated rings. The Hall–Kier alpha value is -0.470. The van der Waals surface area contributed by atoms with Crippen molar-refractivity contribution in [1.29, 1.82) is 0 Å². The van der Waals surface area contributed by atoms with Crippen LogP contribution < -0.4 is 5.32 Å². The molecule has 0 aliphatic rings. The van der Waals surface area contributed by atoms with Crippen molar-refractivity contribution in [3.8, 4) is 0 Å². The molecule has 1 nitrogen and oxygen atoms in total. The molecule has 0 aliphatic heterocycles. The van der Waals surface area contributed by atoms with Crippen molar-refractivity contribution in [1.82, 2.24) is 0 Å². The topological polar surface area (TPSA) is 12.0 Å². The van der Waals surface area contributed by atoms with Crippen LogP contribution in [0.5, 0.6) is 0 Å². The Morgan fingerprint density at radius 2 is 1.77 bits per heavy atom. The van der Waals surface area contributed by atoms with Gasteiger partial charge in [-0.05, 0) is 24.6 Å². The van der Waals surface area contributed by atoms with E-state index in [1.165, 1.54) is 0 Å². The van der Waals surface area contributed by atoms with Gasteiger partial charge in [0, 0.05) is 22.3 Å². The molecule has 0 spiro atoms. The molecule has 13 heavy (non-hydrogen) atoms. The molecule has 0 bridgehead atoms. The molecule has 0 amide bonds. The van der Waals surface area contributed by atoms with Crippen molar-refractivity contribution in [2.45, 2.75) is 6.42 Å². The number of anilines is 1. The first kappa shape index (κ1) is 10.6. The Morgan fingerprint density at radius 3 is 2.31 bits per heavy atom. The van der Waals surface area contributed by atoms with Crippen LogP contribution in [-0.2, 0) is 0 Å². The van der Waals surface area contributed by atoms with Crippen LogP contribution in [0.4, 0.5) is 10.1 Å². The largest absolute Gasteiger partial charge is 0.385 e. The Balaban J connectivity index is 2.56. The van der Waals surface area contributed by atoms with Gasteiger partial charge in [-0.15, -0.1) is 0 Å². The van der Waals surface area contributed by atoms with Crippen LogP contribution in [0.15, 0.2) is 18.2 Å². The maximum atomic E-state index is 11.8. The molecule has 0 radical (unpaired) electrons. The first-order valence-electron chi connectivity index (χ1n) is 3.98. The first-order valence-corrected chi connectivity index (χ1v) is 4.74. The predicted molar refractivity (Wildman–Crippen MR) is 55.5 cm³/mol. The lowest BCUT2D eigenvalue weighted by atomic mass is 10.3. The highest BCUT2D eigenvalue weighted by molar-refractivity contribution is 6.35. The average molecular weight is 222 g/mol. The van der Waals surface area contributed by atoms with Gasteiger partial charge in [0.1, 0.15) is 0 Å². The smallest absolute Gasteiger partial charge is 0.0911 e. The van der Waals surface area contributed by atoms with Crippen molar-refractivity contribution in [3.63, 3.8) is 0 Å². The van der Waals surface area contributed by atoms with E-state index in [-0.39, 0.29) is 6.67 Å². The van der Waals surface area contributed by atoms with Gasteiger partial charge in [0.05, 0.1) is 6.67 Å². The van der Waals surface area contributed by atoms with Gasteiger partial charge in [0.25, 0.3) is 0 Å². The van der Waals surface area contributed by atoms with Gasteiger partial charge in [0.15, 0.2) is 0 Å². The quantitative estimate of drug-likeness (QED) is 0.764. The van der Waals surface area contributed by atoms with E-state index in [0.29, 0.717) is 23.0 Å². The first-order chi connectivity index (χ1) is 6.22. The van der Waals surface area contributed by atoms with E-state index in [1.807, 2.05) is 0 Å². The molecular formula is C9H10Cl2FN. The number of hydrogen-bond donors (Lipinski definition) is 1. The molecule has 0 unspecified atom stereocenters. The predicted octanol–water partition coefficient (Wildman–Crippen LogP) is 3.76. The van der Waals surface area contributed by atoms with E-state index in [0.717, 1.165) is 5.69 Å². The van der Waals surface area contributed by atoms with Crippen LogP contribution in [0.25, 0.3) is 0 Å². The molecule has 0 aliphatic carbocycles. The Bertz CT molecular complexity index is 258. The Labute approximate surface area is 86.8 Å². The van der Waals surface area contributed by atoms with Gasteiger partial charge >= 0.3 is 0 Å². The third-order valence-corrected chi connectivity index (χ3v) is 1.94. The molecule has 0 atom stereocenters. The number of hydrogen-bond acceptors (Lipinski definition) is 1. The Kier molecular flexibility index (Phi) is 4.33. The fourth-order valence-electron chi connectivity index (χ4n) is 0.955. The van der Waals surface area contributed by atoms with E-state index in [9.17, 15) is 4.39 Å². The van der Waals surface area contributed by atoms with Gasteiger partial charge in [-0.25, -0.2) is 0 Å². The standard InChI is InChI=1S/C9H10Cl2FN/c10-7-4-8(11)6-9(5-7)13-3-1-2-12/h4-6,13H,1-3H2. The number of halogens is 3. The van der Waals surface area contributed by atoms with Crippen molar-refractivity contribution >= 4 is 28.9 Å². The SMILES string of the molecule is FCCCNc1cc(Cl)cc(Cl)c1. The fraction of sp³-hybridized carbons (Fsp3) is 0.333. The second kappa shape index (κ2) is 5.30. The minimum absolute atomic E-state index is 0.318. The van der Waals surface area contributed by atoms with E-state index in [4.69, 9.17) is 23.2 Å². The summed E-state index contributed by atoms with van der Waals surface area (Å²) >= 11 is 11.5. The summed E-state index contributed by atoms with van der Waals surface area (Å²) in [6.07, 6.45) is 0.490. The number of rotatable bonds is 4. The van der Waals surface area contributed by atoms with Gasteiger partial charge < -0.3 is 5.32 Å². The second-order valence-corrected chi connectivity index (χ2v) is 3.50. The molecule has 0 aromatic heterocycles. The van der Waals surface area contributed by atoms with Crippen LogP contribution in [0, 0.1) is 0 Å². The minimum Gasteiger partial charge on any atom is -0.385 e. The van der Waals surface area contributed by atoms with Crippen LogP contribution in [0.2, 0.25) is 10.0 Å².